The number of sulfone groups is 1. The number of carbonyl (C=O) groups excluding carboxylic acids is 1. The molecule has 0 radical (unpaired) electrons. The molecular weight excluding hydrogens is 366 g/mol. The lowest BCUT2D eigenvalue weighted by Crippen LogP contribution is -2.52. The smallest absolute Gasteiger partial charge is 0.258 e. The van der Waals surface area contributed by atoms with Gasteiger partial charge in [-0.1, -0.05) is 18.2 Å². The van der Waals surface area contributed by atoms with E-state index in [9.17, 15) is 18.0 Å². The third-order valence-electron chi connectivity index (χ3n) is 5.65. The summed E-state index contributed by atoms with van der Waals surface area (Å²) in [5.41, 5.74) is 0.416. The van der Waals surface area contributed by atoms with Crippen LogP contribution in [-0.2, 0) is 16.9 Å². The maximum Gasteiger partial charge on any atom is 0.258 e. The van der Waals surface area contributed by atoms with Crippen molar-refractivity contribution in [1.82, 2.24) is 14.4 Å². The average Bonchev–Trinajstić information content (AvgIpc) is 3.04. The van der Waals surface area contributed by atoms with Gasteiger partial charge in [-0.25, -0.2) is 8.42 Å². The number of rotatable bonds is 2. The Morgan fingerprint density at radius 1 is 1.07 bits per heavy atom. The van der Waals surface area contributed by atoms with Crippen LogP contribution < -0.4 is 5.56 Å². The van der Waals surface area contributed by atoms with Crippen LogP contribution in [0.4, 0.5) is 0 Å². The zero-order valence-corrected chi connectivity index (χ0v) is 16.1. The van der Waals surface area contributed by atoms with Gasteiger partial charge in [-0.2, -0.15) is 0 Å². The molecule has 2 aliphatic heterocycles. The zero-order chi connectivity index (χ0) is 19.2. The van der Waals surface area contributed by atoms with Gasteiger partial charge in [0.05, 0.1) is 17.1 Å². The molecular formula is C19H23N3O4S. The molecule has 2 aliphatic rings. The highest BCUT2D eigenvalue weighted by molar-refractivity contribution is 7.91. The van der Waals surface area contributed by atoms with Crippen LogP contribution >= 0.6 is 0 Å². The highest BCUT2D eigenvalue weighted by atomic mass is 32.2. The van der Waals surface area contributed by atoms with Gasteiger partial charge >= 0.3 is 0 Å². The van der Waals surface area contributed by atoms with Crippen LogP contribution in [0.25, 0.3) is 10.8 Å². The van der Waals surface area contributed by atoms with Crippen molar-refractivity contribution in [2.24, 2.45) is 7.05 Å². The normalized spacial score (nSPS) is 23.0. The van der Waals surface area contributed by atoms with E-state index in [4.69, 9.17) is 0 Å². The van der Waals surface area contributed by atoms with Crippen LogP contribution in [0.3, 0.4) is 0 Å². The van der Waals surface area contributed by atoms with Crippen LogP contribution in [0.15, 0.2) is 35.3 Å². The van der Waals surface area contributed by atoms with Crippen LogP contribution in [-0.4, -0.2) is 72.4 Å². The SMILES string of the molecule is Cn1cc(C(=O)N2CCN([C@@H]3CCS(=O)(=O)C3)CC2)c2ccccc2c1=O. The largest absolute Gasteiger partial charge is 0.336 e. The lowest BCUT2D eigenvalue weighted by molar-refractivity contribution is 0.0589. The number of benzene rings is 1. The molecule has 3 heterocycles. The maximum atomic E-state index is 13.1. The molecule has 1 amide bonds. The Labute approximate surface area is 158 Å². The Morgan fingerprint density at radius 2 is 1.74 bits per heavy atom. The van der Waals surface area contributed by atoms with Crippen LogP contribution in [0.5, 0.6) is 0 Å². The van der Waals surface area contributed by atoms with Crippen molar-refractivity contribution in [3.05, 3.63) is 46.4 Å². The quantitative estimate of drug-likeness (QED) is 0.747. The lowest BCUT2D eigenvalue weighted by atomic mass is 10.1. The molecule has 4 rings (SSSR count). The molecule has 0 spiro atoms. The molecule has 8 heteroatoms. The summed E-state index contributed by atoms with van der Waals surface area (Å²) in [5.74, 6) is 0.410. The minimum Gasteiger partial charge on any atom is -0.336 e. The number of hydrogen-bond acceptors (Lipinski definition) is 5. The molecule has 144 valence electrons. The van der Waals surface area contributed by atoms with E-state index in [1.807, 2.05) is 12.1 Å². The second-order valence-corrected chi connectivity index (χ2v) is 9.62. The number of hydrogen-bond donors (Lipinski definition) is 0. The van der Waals surface area contributed by atoms with Crippen molar-refractivity contribution in [3.8, 4) is 0 Å². The summed E-state index contributed by atoms with van der Waals surface area (Å²) in [4.78, 5) is 29.4. The second kappa shape index (κ2) is 6.76. The first-order valence-corrected chi connectivity index (χ1v) is 11.0. The van der Waals surface area contributed by atoms with Gasteiger partial charge in [0.25, 0.3) is 11.5 Å². The highest BCUT2D eigenvalue weighted by Crippen LogP contribution is 2.21. The number of pyridine rings is 1. The van der Waals surface area contributed by atoms with Gasteiger partial charge in [0, 0.05) is 56.2 Å². The van der Waals surface area contributed by atoms with E-state index >= 15 is 0 Å². The number of aryl methyl sites for hydroxylation is 1. The van der Waals surface area contributed by atoms with Gasteiger partial charge in [0.15, 0.2) is 9.84 Å². The fraction of sp³-hybridized carbons (Fsp3) is 0.474. The van der Waals surface area contributed by atoms with Crippen molar-refractivity contribution >= 4 is 26.5 Å². The highest BCUT2D eigenvalue weighted by Gasteiger charge is 2.34. The first-order valence-electron chi connectivity index (χ1n) is 9.18. The van der Waals surface area contributed by atoms with E-state index in [-0.39, 0.29) is 29.0 Å². The fourth-order valence-electron chi connectivity index (χ4n) is 4.11. The van der Waals surface area contributed by atoms with Crippen molar-refractivity contribution in [2.45, 2.75) is 12.5 Å². The van der Waals surface area contributed by atoms with Crippen molar-refractivity contribution in [1.29, 1.82) is 0 Å². The average molecular weight is 389 g/mol. The van der Waals surface area contributed by atoms with Gasteiger partial charge in [-0.15, -0.1) is 0 Å². The molecule has 1 aromatic heterocycles. The predicted octanol–water partition coefficient (Wildman–Crippen LogP) is 0.483. The van der Waals surface area contributed by atoms with Gasteiger partial charge < -0.3 is 9.47 Å². The molecule has 1 aromatic carbocycles. The Balaban J connectivity index is 1.53. The molecule has 2 fully saturated rings. The van der Waals surface area contributed by atoms with E-state index in [1.54, 1.807) is 30.3 Å². The molecule has 0 bridgehead atoms. The molecule has 7 nitrogen and oxygen atoms in total. The Kier molecular flexibility index (Phi) is 4.55. The Bertz CT molecular complexity index is 1050. The summed E-state index contributed by atoms with van der Waals surface area (Å²) < 4.78 is 24.9. The Morgan fingerprint density at radius 3 is 2.37 bits per heavy atom. The van der Waals surface area contributed by atoms with Crippen LogP contribution in [0.1, 0.15) is 16.8 Å². The molecule has 1 atom stereocenters. The molecule has 27 heavy (non-hydrogen) atoms. The zero-order valence-electron chi connectivity index (χ0n) is 15.3. The molecule has 2 saturated heterocycles. The van der Waals surface area contributed by atoms with Gasteiger partial charge in [0.2, 0.25) is 0 Å². The minimum absolute atomic E-state index is 0.0747. The number of carbonyl (C=O) groups is 1. The Hall–Kier alpha value is -2.19. The van der Waals surface area contributed by atoms with Gasteiger partial charge in [0.1, 0.15) is 0 Å². The topological polar surface area (TPSA) is 79.7 Å². The van der Waals surface area contributed by atoms with Crippen LogP contribution in [0, 0.1) is 0 Å². The number of aromatic nitrogens is 1. The first-order chi connectivity index (χ1) is 12.9. The standard InChI is InChI=1S/C19H23N3O4S/c1-20-12-17(15-4-2-3-5-16(15)18(20)23)19(24)22-9-7-21(8-10-22)14-6-11-27(25,26)13-14/h2-5,12,14H,6-11,13H2,1H3/t14-/m1/s1. The molecule has 0 unspecified atom stereocenters. The summed E-state index contributed by atoms with van der Waals surface area (Å²) >= 11 is 0. The summed E-state index contributed by atoms with van der Waals surface area (Å²) in [7, 11) is -1.25. The molecule has 0 N–H and O–H groups in total. The summed E-state index contributed by atoms with van der Waals surface area (Å²) in [5, 5.41) is 1.22. The van der Waals surface area contributed by atoms with E-state index in [0.717, 1.165) is 0 Å². The number of nitrogens with zero attached hydrogens (tertiary/aromatic N) is 3. The second-order valence-electron chi connectivity index (χ2n) is 7.39. The monoisotopic (exact) mass is 389 g/mol. The number of amides is 1. The van der Waals surface area contributed by atoms with Crippen LogP contribution in [0.2, 0.25) is 0 Å². The third-order valence-corrected chi connectivity index (χ3v) is 7.40. The molecule has 0 aliphatic carbocycles. The van der Waals surface area contributed by atoms with Crippen molar-refractivity contribution in [2.75, 3.05) is 37.7 Å². The minimum atomic E-state index is -2.91. The summed E-state index contributed by atoms with van der Waals surface area (Å²) in [6.45, 7) is 2.48. The van der Waals surface area contributed by atoms with Crippen molar-refractivity contribution < 1.29 is 13.2 Å². The van der Waals surface area contributed by atoms with E-state index in [0.29, 0.717) is 48.9 Å². The van der Waals surface area contributed by atoms with Crippen molar-refractivity contribution in [3.63, 3.8) is 0 Å². The van der Waals surface area contributed by atoms with E-state index < -0.39 is 9.84 Å². The van der Waals surface area contributed by atoms with Gasteiger partial charge in [-0.3, -0.25) is 14.5 Å². The fourth-order valence-corrected chi connectivity index (χ4v) is 5.87. The maximum absolute atomic E-state index is 13.1. The number of piperazine rings is 1. The lowest BCUT2D eigenvalue weighted by Gasteiger charge is -2.37. The van der Waals surface area contributed by atoms with Gasteiger partial charge in [-0.05, 0) is 12.5 Å². The third kappa shape index (κ3) is 3.39. The number of fused-ring (bicyclic) bond motifs is 1. The molecule has 2 aromatic rings. The van der Waals surface area contributed by atoms with E-state index in [1.165, 1.54) is 4.57 Å². The molecule has 0 saturated carbocycles. The predicted molar refractivity (Wildman–Crippen MR) is 104 cm³/mol. The summed E-state index contributed by atoms with van der Waals surface area (Å²) in [6.07, 6.45) is 2.30. The first kappa shape index (κ1) is 18.2. The van der Waals surface area contributed by atoms with E-state index in [2.05, 4.69) is 4.90 Å². The summed E-state index contributed by atoms with van der Waals surface area (Å²) in [6, 6.07) is 7.26.